The van der Waals surface area contributed by atoms with Crippen LogP contribution in [0.25, 0.3) is 0 Å². The van der Waals surface area contributed by atoms with E-state index in [0.717, 1.165) is 11.1 Å². The lowest BCUT2D eigenvalue weighted by Crippen LogP contribution is -1.98. The van der Waals surface area contributed by atoms with Crippen molar-refractivity contribution in [2.45, 2.75) is 13.5 Å². The minimum absolute atomic E-state index is 0.301. The molecule has 5 nitrogen and oxygen atoms in total. The van der Waals surface area contributed by atoms with Crippen molar-refractivity contribution in [3.8, 4) is 5.75 Å². The van der Waals surface area contributed by atoms with Gasteiger partial charge in [-0.2, -0.15) is 14.9 Å². The first-order chi connectivity index (χ1) is 12.0. The molecule has 2 aromatic carbocycles. The number of halogens is 2. The van der Waals surface area contributed by atoms with Crippen LogP contribution < -0.4 is 4.74 Å². The zero-order valence-electron chi connectivity index (χ0n) is 13.2. The summed E-state index contributed by atoms with van der Waals surface area (Å²) in [5.41, 5.74) is 1.67. The van der Waals surface area contributed by atoms with Gasteiger partial charge in [-0.15, -0.1) is 0 Å². The van der Waals surface area contributed by atoms with Crippen molar-refractivity contribution in [2.24, 2.45) is 5.10 Å². The van der Waals surface area contributed by atoms with E-state index in [0.29, 0.717) is 33.0 Å². The van der Waals surface area contributed by atoms with Gasteiger partial charge in [-0.1, -0.05) is 29.3 Å². The molecule has 0 aliphatic carbocycles. The number of H-pyrrole nitrogens is 1. The molecule has 1 N–H and O–H groups in total. The molecule has 0 radical (unpaired) electrons. The molecule has 0 aliphatic heterocycles. The van der Waals surface area contributed by atoms with Crippen molar-refractivity contribution in [1.82, 2.24) is 14.9 Å². The Morgan fingerprint density at radius 3 is 2.48 bits per heavy atom. The highest BCUT2D eigenvalue weighted by Crippen LogP contribution is 2.25. The molecule has 3 rings (SSSR count). The number of nitrogens with one attached hydrogen (secondary N) is 1. The Bertz CT molecular complexity index is 943. The van der Waals surface area contributed by atoms with Crippen molar-refractivity contribution in [2.75, 3.05) is 0 Å². The number of aromatic amines is 1. The van der Waals surface area contributed by atoms with Crippen LogP contribution in [0.15, 0.2) is 47.6 Å². The van der Waals surface area contributed by atoms with Crippen LogP contribution in [-0.2, 0) is 6.61 Å². The molecule has 0 fully saturated rings. The Balaban J connectivity index is 1.67. The fraction of sp³-hybridized carbons (Fsp3) is 0.118. The molecule has 0 saturated carbocycles. The number of aryl methyl sites for hydroxylation is 1. The van der Waals surface area contributed by atoms with Gasteiger partial charge >= 0.3 is 0 Å². The first-order valence-electron chi connectivity index (χ1n) is 7.39. The summed E-state index contributed by atoms with van der Waals surface area (Å²) in [6.45, 7) is 2.12. The second-order valence-electron chi connectivity index (χ2n) is 5.19. The summed E-state index contributed by atoms with van der Waals surface area (Å²) in [5, 5.41) is 12.2. The first-order valence-corrected chi connectivity index (χ1v) is 8.55. The summed E-state index contributed by atoms with van der Waals surface area (Å²) in [6, 6.07) is 12.9. The molecule has 1 aromatic heterocycles. The number of hydrogen-bond acceptors (Lipinski definition) is 4. The fourth-order valence-electron chi connectivity index (χ4n) is 2.11. The van der Waals surface area contributed by atoms with Crippen LogP contribution in [0.2, 0.25) is 10.0 Å². The third-order valence-corrected chi connectivity index (χ3v) is 4.43. The Labute approximate surface area is 159 Å². The number of hydrogen-bond donors (Lipinski definition) is 1. The molecular formula is C17H14Cl2N4OS. The quantitative estimate of drug-likeness (QED) is 0.489. The van der Waals surface area contributed by atoms with Crippen LogP contribution in [0.4, 0.5) is 0 Å². The van der Waals surface area contributed by atoms with E-state index in [1.165, 1.54) is 0 Å². The summed E-state index contributed by atoms with van der Waals surface area (Å²) >= 11 is 17.4. The first kappa shape index (κ1) is 17.7. The summed E-state index contributed by atoms with van der Waals surface area (Å²) < 4.78 is 7.75. The average Bonchev–Trinajstić information content (AvgIpc) is 2.92. The Kier molecular flexibility index (Phi) is 5.53. The normalized spacial score (nSPS) is 11.2. The standard InChI is InChI=1S/C17H14Cl2N4OS/c1-11-21-22-17(25)23(11)20-9-12-5-7-13(8-6-12)24-10-14-15(18)3-2-4-16(14)19/h2-9H,10H2,1H3,(H,22,25)/b20-9+. The van der Waals surface area contributed by atoms with Crippen molar-refractivity contribution in [3.63, 3.8) is 0 Å². The van der Waals surface area contributed by atoms with Crippen LogP contribution in [0.3, 0.4) is 0 Å². The van der Waals surface area contributed by atoms with Crippen LogP contribution in [0, 0.1) is 11.7 Å². The molecule has 0 amide bonds. The number of benzene rings is 2. The number of nitrogens with zero attached hydrogens (tertiary/aromatic N) is 3. The van der Waals surface area contributed by atoms with Crippen LogP contribution in [-0.4, -0.2) is 21.1 Å². The average molecular weight is 393 g/mol. The molecule has 25 heavy (non-hydrogen) atoms. The number of ether oxygens (including phenoxy) is 1. The third kappa shape index (κ3) is 4.28. The highest BCUT2D eigenvalue weighted by Gasteiger charge is 2.06. The monoisotopic (exact) mass is 392 g/mol. The van der Waals surface area contributed by atoms with E-state index in [2.05, 4.69) is 15.3 Å². The Morgan fingerprint density at radius 2 is 1.88 bits per heavy atom. The van der Waals surface area contributed by atoms with Crippen molar-refractivity contribution >= 4 is 41.6 Å². The summed E-state index contributed by atoms with van der Waals surface area (Å²) in [5.74, 6) is 1.40. The Morgan fingerprint density at radius 1 is 1.20 bits per heavy atom. The lowest BCUT2D eigenvalue weighted by Gasteiger charge is -2.09. The minimum atomic E-state index is 0.301. The van der Waals surface area contributed by atoms with Gasteiger partial charge in [0.05, 0.1) is 6.21 Å². The van der Waals surface area contributed by atoms with Crippen LogP contribution in [0.5, 0.6) is 5.75 Å². The van der Waals surface area contributed by atoms with E-state index in [4.69, 9.17) is 40.2 Å². The van der Waals surface area contributed by atoms with E-state index in [1.807, 2.05) is 31.2 Å². The van der Waals surface area contributed by atoms with Gasteiger partial charge in [-0.3, -0.25) is 5.10 Å². The topological polar surface area (TPSA) is 55.2 Å². The van der Waals surface area contributed by atoms with Crippen molar-refractivity contribution in [1.29, 1.82) is 0 Å². The predicted molar refractivity (Wildman–Crippen MR) is 102 cm³/mol. The SMILES string of the molecule is Cc1n[nH]c(=S)n1/N=C/c1ccc(OCc2c(Cl)cccc2Cl)cc1. The molecule has 0 bridgehead atoms. The van der Waals surface area contributed by atoms with Gasteiger partial charge in [0.15, 0.2) is 0 Å². The lowest BCUT2D eigenvalue weighted by molar-refractivity contribution is 0.306. The molecular weight excluding hydrogens is 379 g/mol. The van der Waals surface area contributed by atoms with Gasteiger partial charge in [-0.05, 0) is 61.1 Å². The number of aromatic nitrogens is 3. The molecule has 0 atom stereocenters. The van der Waals surface area contributed by atoms with Crippen LogP contribution in [0.1, 0.15) is 17.0 Å². The summed E-state index contributed by atoms with van der Waals surface area (Å²) in [6.07, 6.45) is 1.70. The van der Waals surface area contributed by atoms with E-state index >= 15 is 0 Å². The molecule has 0 aliphatic rings. The minimum Gasteiger partial charge on any atom is -0.489 e. The van der Waals surface area contributed by atoms with Gasteiger partial charge in [0.2, 0.25) is 4.77 Å². The van der Waals surface area contributed by atoms with Gasteiger partial charge in [0, 0.05) is 15.6 Å². The third-order valence-electron chi connectivity index (χ3n) is 3.46. The predicted octanol–water partition coefficient (Wildman–Crippen LogP) is 5.02. The molecule has 8 heteroatoms. The van der Waals surface area contributed by atoms with E-state index < -0.39 is 0 Å². The maximum atomic E-state index is 6.14. The smallest absolute Gasteiger partial charge is 0.216 e. The molecule has 0 saturated heterocycles. The molecule has 0 unspecified atom stereocenters. The molecule has 0 spiro atoms. The fourth-order valence-corrected chi connectivity index (χ4v) is 2.84. The molecule has 3 aromatic rings. The van der Waals surface area contributed by atoms with Gasteiger partial charge < -0.3 is 4.74 Å². The van der Waals surface area contributed by atoms with Gasteiger partial charge in [0.1, 0.15) is 18.2 Å². The maximum absolute atomic E-state index is 6.14. The van der Waals surface area contributed by atoms with E-state index in [-0.39, 0.29) is 0 Å². The zero-order valence-corrected chi connectivity index (χ0v) is 15.6. The highest BCUT2D eigenvalue weighted by molar-refractivity contribution is 7.71. The Hall–Kier alpha value is -2.15. The second kappa shape index (κ2) is 7.82. The number of rotatable bonds is 5. The summed E-state index contributed by atoms with van der Waals surface area (Å²) in [7, 11) is 0. The van der Waals surface area contributed by atoms with Crippen LogP contribution >= 0.6 is 35.4 Å². The highest BCUT2D eigenvalue weighted by atomic mass is 35.5. The zero-order chi connectivity index (χ0) is 17.8. The van der Waals surface area contributed by atoms with E-state index in [9.17, 15) is 0 Å². The van der Waals surface area contributed by atoms with Gasteiger partial charge in [0.25, 0.3) is 0 Å². The second-order valence-corrected chi connectivity index (χ2v) is 6.39. The lowest BCUT2D eigenvalue weighted by atomic mass is 10.2. The molecule has 128 valence electrons. The van der Waals surface area contributed by atoms with E-state index in [1.54, 1.807) is 29.1 Å². The summed E-state index contributed by atoms with van der Waals surface area (Å²) in [4.78, 5) is 0. The van der Waals surface area contributed by atoms with Crippen molar-refractivity contribution in [3.05, 3.63) is 74.2 Å². The largest absolute Gasteiger partial charge is 0.489 e. The molecule has 1 heterocycles. The maximum Gasteiger partial charge on any atom is 0.216 e. The van der Waals surface area contributed by atoms with Gasteiger partial charge in [-0.25, -0.2) is 0 Å². The van der Waals surface area contributed by atoms with Crippen molar-refractivity contribution < 1.29 is 4.74 Å².